The molecule has 0 aromatic carbocycles. The van der Waals surface area contributed by atoms with E-state index < -0.39 is 42.0 Å². The SMILES string of the molecule is CCC1(CC)NC(=O)N(CC(=O)O[C@H](C)C(=O)Nc2ccnn2C(C)C)C1=O. The van der Waals surface area contributed by atoms with Crippen molar-refractivity contribution < 1.29 is 23.9 Å². The van der Waals surface area contributed by atoms with Crippen LogP contribution in [0.3, 0.4) is 0 Å². The van der Waals surface area contributed by atoms with Gasteiger partial charge in [-0.15, -0.1) is 0 Å². The molecular formula is C18H27N5O5. The third-order valence-corrected chi connectivity index (χ3v) is 4.83. The number of nitrogens with zero attached hydrogens (tertiary/aromatic N) is 3. The van der Waals surface area contributed by atoms with E-state index in [4.69, 9.17) is 4.74 Å². The van der Waals surface area contributed by atoms with Crippen LogP contribution < -0.4 is 10.6 Å². The number of nitrogens with one attached hydrogen (secondary N) is 2. The monoisotopic (exact) mass is 393 g/mol. The minimum Gasteiger partial charge on any atom is -0.451 e. The van der Waals surface area contributed by atoms with Crippen LogP contribution in [0.1, 0.15) is 53.5 Å². The molecule has 1 saturated heterocycles. The van der Waals surface area contributed by atoms with Gasteiger partial charge in [0.15, 0.2) is 6.10 Å². The molecule has 10 nitrogen and oxygen atoms in total. The predicted molar refractivity (Wildman–Crippen MR) is 100 cm³/mol. The number of esters is 1. The van der Waals surface area contributed by atoms with Crippen LogP contribution in [0.15, 0.2) is 12.3 Å². The number of hydrogen-bond acceptors (Lipinski definition) is 6. The van der Waals surface area contributed by atoms with Gasteiger partial charge in [0.25, 0.3) is 11.8 Å². The Morgan fingerprint density at radius 1 is 1.25 bits per heavy atom. The second-order valence-corrected chi connectivity index (χ2v) is 6.99. The highest BCUT2D eigenvalue weighted by Gasteiger charge is 2.49. The van der Waals surface area contributed by atoms with Gasteiger partial charge in [0.05, 0.1) is 6.20 Å². The molecule has 1 aromatic heterocycles. The number of amides is 4. The summed E-state index contributed by atoms with van der Waals surface area (Å²) in [5.41, 5.74) is -0.990. The number of ether oxygens (including phenoxy) is 1. The smallest absolute Gasteiger partial charge is 0.327 e. The summed E-state index contributed by atoms with van der Waals surface area (Å²) in [5, 5.41) is 9.39. The van der Waals surface area contributed by atoms with Gasteiger partial charge in [-0.1, -0.05) is 13.8 Å². The predicted octanol–water partition coefficient (Wildman–Crippen LogP) is 1.44. The summed E-state index contributed by atoms with van der Waals surface area (Å²) in [5.74, 6) is -1.36. The fourth-order valence-corrected chi connectivity index (χ4v) is 3.02. The van der Waals surface area contributed by atoms with Crippen LogP contribution in [-0.2, 0) is 19.1 Å². The van der Waals surface area contributed by atoms with Gasteiger partial charge in [-0.2, -0.15) is 5.10 Å². The Bertz CT molecular complexity index is 768. The van der Waals surface area contributed by atoms with Gasteiger partial charge in [0, 0.05) is 12.1 Å². The third-order valence-electron chi connectivity index (χ3n) is 4.83. The molecule has 28 heavy (non-hydrogen) atoms. The van der Waals surface area contributed by atoms with Crippen LogP contribution in [0, 0.1) is 0 Å². The van der Waals surface area contributed by atoms with Crippen LogP contribution in [0.5, 0.6) is 0 Å². The highest BCUT2D eigenvalue weighted by molar-refractivity contribution is 6.08. The minimum absolute atomic E-state index is 0.0419. The minimum atomic E-state index is -1.11. The number of imide groups is 1. The topological polar surface area (TPSA) is 123 Å². The molecule has 2 heterocycles. The maximum atomic E-state index is 12.5. The average Bonchev–Trinajstić information content (AvgIpc) is 3.20. The number of aromatic nitrogens is 2. The normalized spacial score (nSPS) is 16.9. The lowest BCUT2D eigenvalue weighted by atomic mass is 9.93. The van der Waals surface area contributed by atoms with Gasteiger partial charge in [-0.25, -0.2) is 9.48 Å². The van der Waals surface area contributed by atoms with E-state index in [0.717, 1.165) is 4.90 Å². The highest BCUT2D eigenvalue weighted by atomic mass is 16.5. The average molecular weight is 393 g/mol. The first-order chi connectivity index (χ1) is 13.1. The maximum absolute atomic E-state index is 12.5. The first-order valence-electron chi connectivity index (χ1n) is 9.33. The van der Waals surface area contributed by atoms with Crippen molar-refractivity contribution in [3.8, 4) is 0 Å². The van der Waals surface area contributed by atoms with E-state index in [9.17, 15) is 19.2 Å². The van der Waals surface area contributed by atoms with E-state index in [-0.39, 0.29) is 6.04 Å². The van der Waals surface area contributed by atoms with Gasteiger partial charge < -0.3 is 15.4 Å². The Labute approximate surface area is 163 Å². The van der Waals surface area contributed by atoms with Gasteiger partial charge >= 0.3 is 12.0 Å². The molecule has 154 valence electrons. The zero-order chi connectivity index (χ0) is 21.1. The summed E-state index contributed by atoms with van der Waals surface area (Å²) in [6, 6.07) is 1.04. The lowest BCUT2D eigenvalue weighted by Gasteiger charge is -2.23. The molecule has 0 radical (unpaired) electrons. The van der Waals surface area contributed by atoms with Crippen molar-refractivity contribution in [2.24, 2.45) is 0 Å². The Kier molecular flexibility index (Phi) is 6.42. The van der Waals surface area contributed by atoms with Crippen molar-refractivity contribution in [1.82, 2.24) is 20.0 Å². The molecule has 2 rings (SSSR count). The first kappa shape index (κ1) is 21.4. The molecule has 0 bridgehead atoms. The number of anilines is 1. The number of urea groups is 1. The summed E-state index contributed by atoms with van der Waals surface area (Å²) < 4.78 is 6.72. The molecule has 0 saturated carbocycles. The standard InChI is InChI=1S/C18H27N5O5/c1-6-18(7-2)16(26)22(17(27)21-18)10-14(24)28-12(5)15(25)20-13-8-9-19-23(13)11(3)4/h8-9,11-12H,6-7,10H2,1-5H3,(H,20,25)(H,21,27)/t12-/m1/s1. The second kappa shape index (κ2) is 8.41. The molecule has 1 fully saturated rings. The van der Waals surface area contributed by atoms with Crippen molar-refractivity contribution in [3.05, 3.63) is 12.3 Å². The van der Waals surface area contributed by atoms with Crippen molar-refractivity contribution in [3.63, 3.8) is 0 Å². The Balaban J connectivity index is 1.95. The summed E-state index contributed by atoms with van der Waals surface area (Å²) >= 11 is 0. The zero-order valence-electron chi connectivity index (χ0n) is 16.8. The van der Waals surface area contributed by atoms with E-state index >= 15 is 0 Å². The quantitative estimate of drug-likeness (QED) is 0.509. The van der Waals surface area contributed by atoms with E-state index in [2.05, 4.69) is 15.7 Å². The van der Waals surface area contributed by atoms with Crippen molar-refractivity contribution in [2.45, 2.75) is 65.1 Å². The largest absolute Gasteiger partial charge is 0.451 e. The third kappa shape index (κ3) is 4.15. The molecule has 0 unspecified atom stereocenters. The first-order valence-corrected chi connectivity index (χ1v) is 9.33. The molecule has 0 spiro atoms. The fourth-order valence-electron chi connectivity index (χ4n) is 3.02. The molecule has 1 aromatic rings. The Morgan fingerprint density at radius 3 is 2.43 bits per heavy atom. The van der Waals surface area contributed by atoms with Crippen LogP contribution in [-0.4, -0.2) is 56.7 Å². The summed E-state index contributed by atoms with van der Waals surface area (Å²) in [7, 11) is 0. The van der Waals surface area contributed by atoms with Crippen LogP contribution in [0.25, 0.3) is 0 Å². The molecule has 10 heteroatoms. The summed E-state index contributed by atoms with van der Waals surface area (Å²) in [6.45, 7) is 8.27. The molecule has 4 amide bonds. The van der Waals surface area contributed by atoms with Gasteiger partial charge in [-0.3, -0.25) is 19.3 Å². The lowest BCUT2D eigenvalue weighted by Crippen LogP contribution is -2.46. The Hall–Kier alpha value is -2.91. The molecule has 1 atom stereocenters. The summed E-state index contributed by atoms with van der Waals surface area (Å²) in [6.07, 6.45) is 1.28. The van der Waals surface area contributed by atoms with Gasteiger partial charge in [0.2, 0.25) is 0 Å². The maximum Gasteiger partial charge on any atom is 0.327 e. The molecule has 0 aliphatic carbocycles. The lowest BCUT2D eigenvalue weighted by molar-refractivity contribution is -0.155. The Morgan fingerprint density at radius 2 is 1.89 bits per heavy atom. The molecule has 1 aliphatic heterocycles. The molecule has 2 N–H and O–H groups in total. The highest BCUT2D eigenvalue weighted by Crippen LogP contribution is 2.24. The van der Waals surface area contributed by atoms with Crippen molar-refractivity contribution in [1.29, 1.82) is 0 Å². The summed E-state index contributed by atoms with van der Waals surface area (Å²) in [4.78, 5) is 49.9. The van der Waals surface area contributed by atoms with E-state index in [1.54, 1.807) is 30.8 Å². The van der Waals surface area contributed by atoms with Crippen molar-refractivity contribution in [2.75, 3.05) is 11.9 Å². The van der Waals surface area contributed by atoms with E-state index in [0.29, 0.717) is 18.7 Å². The number of carbonyl (C=O) groups is 4. The molecular weight excluding hydrogens is 366 g/mol. The fraction of sp³-hybridized carbons (Fsp3) is 0.611. The van der Waals surface area contributed by atoms with Crippen LogP contribution in [0.4, 0.5) is 10.6 Å². The van der Waals surface area contributed by atoms with E-state index in [1.165, 1.54) is 6.92 Å². The number of rotatable bonds is 8. The number of carbonyl (C=O) groups excluding carboxylic acids is 4. The second-order valence-electron chi connectivity index (χ2n) is 6.99. The zero-order valence-corrected chi connectivity index (χ0v) is 16.8. The van der Waals surface area contributed by atoms with Gasteiger partial charge in [0.1, 0.15) is 17.9 Å². The molecule has 1 aliphatic rings. The van der Waals surface area contributed by atoms with Crippen LogP contribution in [0.2, 0.25) is 0 Å². The van der Waals surface area contributed by atoms with Crippen LogP contribution >= 0.6 is 0 Å². The number of hydrogen-bond donors (Lipinski definition) is 2. The van der Waals surface area contributed by atoms with E-state index in [1.807, 2.05) is 13.8 Å². The van der Waals surface area contributed by atoms with Gasteiger partial charge in [-0.05, 0) is 33.6 Å². The van der Waals surface area contributed by atoms with Crippen molar-refractivity contribution >= 4 is 29.6 Å².